The molecule has 2 fully saturated rings. The van der Waals surface area contributed by atoms with Crippen LogP contribution < -0.4 is 0 Å². The summed E-state index contributed by atoms with van der Waals surface area (Å²) in [6.07, 6.45) is 2.50. The molecule has 2 heterocycles. The largest absolute Gasteiger partial charge is 0.343 e. The molecule has 0 unspecified atom stereocenters. The fourth-order valence-corrected chi connectivity index (χ4v) is 2.68. The molecular formula is C13H20N2O3. The number of hydrogen-bond acceptors (Lipinski definition) is 3. The minimum absolute atomic E-state index is 0.0359. The Hall–Kier alpha value is -1.39. The van der Waals surface area contributed by atoms with Crippen LogP contribution in [0.1, 0.15) is 32.6 Å². The first kappa shape index (κ1) is 13.1. The first-order valence-electron chi connectivity index (χ1n) is 6.64. The summed E-state index contributed by atoms with van der Waals surface area (Å²) < 4.78 is 0. The molecule has 2 saturated heterocycles. The number of Topliss-reactive ketones (excluding diaryl/α,β-unsaturated/α-hetero) is 1. The van der Waals surface area contributed by atoms with Crippen molar-refractivity contribution in [1.82, 2.24) is 9.80 Å². The Morgan fingerprint density at radius 1 is 1.00 bits per heavy atom. The van der Waals surface area contributed by atoms with Crippen molar-refractivity contribution in [2.45, 2.75) is 32.6 Å². The first-order chi connectivity index (χ1) is 8.58. The van der Waals surface area contributed by atoms with E-state index in [1.54, 1.807) is 11.8 Å². The molecule has 0 radical (unpaired) electrons. The van der Waals surface area contributed by atoms with Gasteiger partial charge in [0.05, 0.1) is 0 Å². The summed E-state index contributed by atoms with van der Waals surface area (Å²) in [5.41, 5.74) is 0. The Kier molecular flexibility index (Phi) is 3.99. The van der Waals surface area contributed by atoms with Crippen molar-refractivity contribution in [3.8, 4) is 0 Å². The highest BCUT2D eigenvalue weighted by atomic mass is 16.2. The lowest BCUT2D eigenvalue weighted by molar-refractivity contribution is -0.142. The number of ketones is 1. The molecule has 2 amide bonds. The van der Waals surface area contributed by atoms with Gasteiger partial charge in [-0.3, -0.25) is 14.4 Å². The average molecular weight is 252 g/mol. The van der Waals surface area contributed by atoms with E-state index in [2.05, 4.69) is 0 Å². The number of likely N-dealkylation sites (tertiary alicyclic amines) is 2. The summed E-state index contributed by atoms with van der Waals surface area (Å²) in [6, 6.07) is 0. The highest BCUT2D eigenvalue weighted by Crippen LogP contribution is 2.21. The van der Waals surface area contributed by atoms with Crippen LogP contribution in [-0.2, 0) is 14.4 Å². The fraction of sp³-hybridized carbons (Fsp3) is 0.769. The van der Waals surface area contributed by atoms with Gasteiger partial charge in [0.1, 0.15) is 5.78 Å². The lowest BCUT2D eigenvalue weighted by Gasteiger charge is -2.35. The molecule has 0 spiro atoms. The van der Waals surface area contributed by atoms with E-state index >= 15 is 0 Å². The van der Waals surface area contributed by atoms with Crippen LogP contribution >= 0.6 is 0 Å². The minimum Gasteiger partial charge on any atom is -0.343 e. The molecule has 0 aromatic rings. The zero-order valence-electron chi connectivity index (χ0n) is 10.9. The number of rotatable bonds is 1. The molecule has 0 aliphatic carbocycles. The molecule has 5 nitrogen and oxygen atoms in total. The van der Waals surface area contributed by atoms with Crippen LogP contribution in [0.2, 0.25) is 0 Å². The van der Waals surface area contributed by atoms with Crippen molar-refractivity contribution < 1.29 is 14.4 Å². The molecule has 2 aliphatic heterocycles. The summed E-state index contributed by atoms with van der Waals surface area (Å²) in [5.74, 6) is 0.550. The van der Waals surface area contributed by atoms with Gasteiger partial charge in [0.15, 0.2) is 0 Å². The van der Waals surface area contributed by atoms with Gasteiger partial charge in [0, 0.05) is 51.9 Å². The Balaban J connectivity index is 1.84. The van der Waals surface area contributed by atoms with Gasteiger partial charge in [-0.25, -0.2) is 0 Å². The van der Waals surface area contributed by atoms with E-state index in [1.807, 2.05) is 4.90 Å². The Labute approximate surface area is 107 Å². The van der Waals surface area contributed by atoms with Crippen LogP contribution in [0.3, 0.4) is 0 Å². The van der Waals surface area contributed by atoms with Gasteiger partial charge in [-0.05, 0) is 12.8 Å². The molecule has 0 N–H and O–H groups in total. The van der Waals surface area contributed by atoms with E-state index in [9.17, 15) is 14.4 Å². The number of carbonyl (C=O) groups excluding carboxylic acids is 3. The van der Waals surface area contributed by atoms with E-state index in [-0.39, 0.29) is 23.5 Å². The lowest BCUT2D eigenvalue weighted by Crippen LogP contribution is -2.46. The molecule has 2 rings (SSSR count). The average Bonchev–Trinajstić information content (AvgIpc) is 2.39. The predicted octanol–water partition coefficient (Wildman–Crippen LogP) is 0.436. The highest BCUT2D eigenvalue weighted by molar-refractivity contribution is 5.84. The van der Waals surface area contributed by atoms with Crippen molar-refractivity contribution in [1.29, 1.82) is 0 Å². The smallest absolute Gasteiger partial charge is 0.225 e. The van der Waals surface area contributed by atoms with Gasteiger partial charge in [0.25, 0.3) is 0 Å². The number of nitrogens with zero attached hydrogens (tertiary/aromatic N) is 2. The van der Waals surface area contributed by atoms with E-state index < -0.39 is 0 Å². The Morgan fingerprint density at radius 3 is 2.06 bits per heavy atom. The molecular weight excluding hydrogens is 232 g/mol. The van der Waals surface area contributed by atoms with Crippen LogP contribution in [0.4, 0.5) is 0 Å². The third kappa shape index (κ3) is 2.89. The summed E-state index contributed by atoms with van der Waals surface area (Å²) in [5, 5.41) is 0. The van der Waals surface area contributed by atoms with Gasteiger partial charge in [-0.2, -0.15) is 0 Å². The molecule has 18 heavy (non-hydrogen) atoms. The van der Waals surface area contributed by atoms with Crippen molar-refractivity contribution in [3.63, 3.8) is 0 Å². The van der Waals surface area contributed by atoms with Gasteiger partial charge < -0.3 is 9.80 Å². The van der Waals surface area contributed by atoms with Gasteiger partial charge in [0.2, 0.25) is 11.8 Å². The zero-order chi connectivity index (χ0) is 13.1. The van der Waals surface area contributed by atoms with Crippen LogP contribution in [0.15, 0.2) is 0 Å². The van der Waals surface area contributed by atoms with Crippen molar-refractivity contribution in [2.24, 2.45) is 5.92 Å². The second-order valence-electron chi connectivity index (χ2n) is 5.14. The second-order valence-corrected chi connectivity index (χ2v) is 5.14. The van der Waals surface area contributed by atoms with E-state index in [0.717, 1.165) is 12.8 Å². The zero-order valence-corrected chi connectivity index (χ0v) is 10.9. The molecule has 0 aromatic carbocycles. The molecule has 2 aliphatic rings. The number of piperidine rings is 2. The summed E-state index contributed by atoms with van der Waals surface area (Å²) in [6.45, 7) is 4.07. The summed E-state index contributed by atoms with van der Waals surface area (Å²) >= 11 is 0. The maximum absolute atomic E-state index is 12.2. The molecule has 0 bridgehead atoms. The lowest BCUT2D eigenvalue weighted by atomic mass is 9.94. The third-order valence-corrected chi connectivity index (χ3v) is 3.92. The van der Waals surface area contributed by atoms with Gasteiger partial charge in [-0.15, -0.1) is 0 Å². The van der Waals surface area contributed by atoms with Crippen molar-refractivity contribution in [3.05, 3.63) is 0 Å². The molecule has 0 saturated carbocycles. The van der Waals surface area contributed by atoms with Crippen molar-refractivity contribution >= 4 is 17.6 Å². The Bertz CT molecular complexity index is 349. The summed E-state index contributed by atoms with van der Waals surface area (Å²) in [4.78, 5) is 38.2. The van der Waals surface area contributed by atoms with E-state index in [4.69, 9.17) is 0 Å². The SMILES string of the molecule is CC(=O)N1CCC(C(=O)N2CCC(=O)CC2)CC1. The molecule has 100 valence electrons. The van der Waals surface area contributed by atoms with Crippen molar-refractivity contribution in [2.75, 3.05) is 26.2 Å². The van der Waals surface area contributed by atoms with Crippen LogP contribution in [0, 0.1) is 5.92 Å². The van der Waals surface area contributed by atoms with Crippen LogP contribution in [0.25, 0.3) is 0 Å². The molecule has 0 aromatic heterocycles. The highest BCUT2D eigenvalue weighted by Gasteiger charge is 2.30. The predicted molar refractivity (Wildman–Crippen MR) is 65.8 cm³/mol. The Morgan fingerprint density at radius 2 is 1.56 bits per heavy atom. The number of amides is 2. The van der Waals surface area contributed by atoms with Crippen LogP contribution in [-0.4, -0.2) is 53.6 Å². The molecule has 5 heteroatoms. The maximum atomic E-state index is 12.2. The molecule has 0 atom stereocenters. The standard InChI is InChI=1S/C13H20N2O3/c1-10(16)14-6-2-11(3-7-14)13(18)15-8-4-12(17)5-9-15/h11H,2-9H2,1H3. The van der Waals surface area contributed by atoms with Gasteiger partial charge >= 0.3 is 0 Å². The van der Waals surface area contributed by atoms with Crippen LogP contribution in [0.5, 0.6) is 0 Å². The third-order valence-electron chi connectivity index (χ3n) is 3.92. The van der Waals surface area contributed by atoms with E-state index in [1.165, 1.54) is 0 Å². The number of hydrogen-bond donors (Lipinski definition) is 0. The summed E-state index contributed by atoms with van der Waals surface area (Å²) in [7, 11) is 0. The van der Waals surface area contributed by atoms with E-state index in [0.29, 0.717) is 39.0 Å². The van der Waals surface area contributed by atoms with Gasteiger partial charge in [-0.1, -0.05) is 0 Å². The topological polar surface area (TPSA) is 57.7 Å². The quantitative estimate of drug-likeness (QED) is 0.680. The first-order valence-corrected chi connectivity index (χ1v) is 6.64. The maximum Gasteiger partial charge on any atom is 0.225 e. The normalized spacial score (nSPS) is 22.2. The monoisotopic (exact) mass is 252 g/mol. The number of carbonyl (C=O) groups is 3. The second kappa shape index (κ2) is 5.50. The fourth-order valence-electron chi connectivity index (χ4n) is 2.68. The minimum atomic E-state index is 0.0359.